The second-order valence-electron chi connectivity index (χ2n) is 8.34. The molecule has 0 spiro atoms. The second-order valence-corrected chi connectivity index (χ2v) is 11.1. The van der Waals surface area contributed by atoms with Gasteiger partial charge in [-0.05, 0) is 54.8 Å². The first-order valence-electron chi connectivity index (χ1n) is 11.1. The maximum Gasteiger partial charge on any atom is 0.264 e. The molecule has 0 bridgehead atoms. The van der Waals surface area contributed by atoms with Gasteiger partial charge in [0.25, 0.3) is 10.0 Å². The van der Waals surface area contributed by atoms with Crippen molar-refractivity contribution >= 4 is 37.5 Å². The summed E-state index contributed by atoms with van der Waals surface area (Å²) in [5.74, 6) is -0.357. The summed E-state index contributed by atoms with van der Waals surface area (Å²) >= 11 is 3.38. The van der Waals surface area contributed by atoms with Crippen LogP contribution in [0, 0.1) is 0 Å². The van der Waals surface area contributed by atoms with Crippen molar-refractivity contribution in [2.24, 2.45) is 0 Å². The van der Waals surface area contributed by atoms with E-state index < -0.39 is 10.0 Å². The molecule has 3 aromatic carbocycles. The third kappa shape index (κ3) is 5.51. The number of carbonyl (C=O) groups is 1. The van der Waals surface area contributed by atoms with Crippen LogP contribution in [0.4, 0.5) is 5.69 Å². The molecule has 1 heterocycles. The van der Waals surface area contributed by atoms with Crippen LogP contribution < -0.4 is 9.62 Å². The summed E-state index contributed by atoms with van der Waals surface area (Å²) in [5.41, 5.74) is 1.34. The summed E-state index contributed by atoms with van der Waals surface area (Å²) in [6.07, 6.45) is 1.58. The van der Waals surface area contributed by atoms with Gasteiger partial charge in [-0.3, -0.25) is 9.10 Å². The Kier molecular flexibility index (Phi) is 7.70. The van der Waals surface area contributed by atoms with Gasteiger partial charge in [-0.1, -0.05) is 64.5 Å². The number of rotatable bonds is 8. The summed E-state index contributed by atoms with van der Waals surface area (Å²) in [4.78, 5) is 13.3. The Bertz CT molecular complexity index is 1200. The number of amides is 1. The molecule has 1 saturated heterocycles. The molecule has 0 atom stereocenters. The van der Waals surface area contributed by atoms with E-state index in [1.54, 1.807) is 42.5 Å². The van der Waals surface area contributed by atoms with Crippen molar-refractivity contribution < 1.29 is 17.9 Å². The van der Waals surface area contributed by atoms with Crippen LogP contribution >= 0.6 is 15.9 Å². The Labute approximate surface area is 209 Å². The SMILES string of the molecule is O=C(CN(c1ccc(Br)cc1)S(=O)(=O)c1ccccc1)NCC1(c2ccccc2)CCOCC1. The molecule has 178 valence electrons. The van der Waals surface area contributed by atoms with Gasteiger partial charge in [0.2, 0.25) is 5.91 Å². The zero-order chi connectivity index (χ0) is 24.0. The molecule has 0 radical (unpaired) electrons. The molecular weight excluding hydrogens is 516 g/mol. The maximum absolute atomic E-state index is 13.5. The molecule has 8 heteroatoms. The van der Waals surface area contributed by atoms with Gasteiger partial charge in [-0.2, -0.15) is 0 Å². The van der Waals surface area contributed by atoms with Crippen molar-refractivity contribution in [3.63, 3.8) is 0 Å². The molecule has 6 nitrogen and oxygen atoms in total. The smallest absolute Gasteiger partial charge is 0.264 e. The third-order valence-corrected chi connectivity index (χ3v) is 8.51. The molecule has 4 rings (SSSR count). The molecule has 0 unspecified atom stereocenters. The lowest BCUT2D eigenvalue weighted by Gasteiger charge is -2.38. The van der Waals surface area contributed by atoms with Crippen LogP contribution in [-0.4, -0.2) is 40.6 Å². The van der Waals surface area contributed by atoms with E-state index >= 15 is 0 Å². The van der Waals surface area contributed by atoms with E-state index in [0.29, 0.717) is 25.4 Å². The standard InChI is InChI=1S/C26H27BrN2O4S/c27-22-11-13-23(14-12-22)29(34(31,32)24-9-5-2-6-10-24)19-25(30)28-20-26(15-17-33-18-16-26)21-7-3-1-4-8-21/h1-14H,15-20H2,(H,28,30). The minimum Gasteiger partial charge on any atom is -0.381 e. The van der Waals surface area contributed by atoms with Crippen LogP contribution in [0.2, 0.25) is 0 Å². The van der Waals surface area contributed by atoms with E-state index in [2.05, 4.69) is 33.4 Å². The summed E-state index contributed by atoms with van der Waals surface area (Å²) < 4.78 is 34.5. The lowest BCUT2D eigenvalue weighted by molar-refractivity contribution is -0.120. The zero-order valence-electron chi connectivity index (χ0n) is 18.7. The highest BCUT2D eigenvalue weighted by molar-refractivity contribution is 9.10. The number of hydrogen-bond donors (Lipinski definition) is 1. The van der Waals surface area contributed by atoms with Crippen LogP contribution in [0.3, 0.4) is 0 Å². The Hall–Kier alpha value is -2.68. The zero-order valence-corrected chi connectivity index (χ0v) is 21.1. The number of carbonyl (C=O) groups excluding carboxylic acids is 1. The fourth-order valence-corrected chi connectivity index (χ4v) is 5.92. The highest BCUT2D eigenvalue weighted by Crippen LogP contribution is 2.34. The highest BCUT2D eigenvalue weighted by atomic mass is 79.9. The number of nitrogens with zero attached hydrogens (tertiary/aromatic N) is 1. The normalized spacial score (nSPS) is 15.4. The number of halogens is 1. The molecule has 1 N–H and O–H groups in total. The van der Waals surface area contributed by atoms with Crippen molar-refractivity contribution in [2.45, 2.75) is 23.2 Å². The van der Waals surface area contributed by atoms with Crippen LogP contribution in [0.15, 0.2) is 94.3 Å². The lowest BCUT2D eigenvalue weighted by Crippen LogP contribution is -2.48. The van der Waals surface area contributed by atoms with Crippen LogP contribution in [0.1, 0.15) is 18.4 Å². The molecule has 1 aliphatic rings. The first-order valence-corrected chi connectivity index (χ1v) is 13.4. The minimum absolute atomic E-state index is 0.135. The number of ether oxygens (including phenoxy) is 1. The first-order chi connectivity index (χ1) is 16.4. The van der Waals surface area contributed by atoms with E-state index in [1.807, 2.05) is 18.2 Å². The van der Waals surface area contributed by atoms with E-state index in [1.165, 1.54) is 12.1 Å². The van der Waals surface area contributed by atoms with Crippen LogP contribution in [0.25, 0.3) is 0 Å². The van der Waals surface area contributed by atoms with Crippen molar-refractivity contribution in [1.29, 1.82) is 0 Å². The molecule has 1 amide bonds. The Morgan fingerprint density at radius 2 is 1.50 bits per heavy atom. The first kappa shape index (κ1) is 24.4. The second kappa shape index (κ2) is 10.7. The molecule has 1 aliphatic heterocycles. The maximum atomic E-state index is 13.5. The van der Waals surface area contributed by atoms with Crippen molar-refractivity contribution in [1.82, 2.24) is 5.32 Å². The van der Waals surface area contributed by atoms with Gasteiger partial charge in [0.1, 0.15) is 6.54 Å². The largest absolute Gasteiger partial charge is 0.381 e. The molecule has 34 heavy (non-hydrogen) atoms. The fourth-order valence-electron chi connectivity index (χ4n) is 4.22. The number of nitrogens with one attached hydrogen (secondary N) is 1. The lowest BCUT2D eigenvalue weighted by atomic mass is 9.74. The van der Waals surface area contributed by atoms with Gasteiger partial charge in [0.05, 0.1) is 10.6 Å². The molecule has 0 aliphatic carbocycles. The van der Waals surface area contributed by atoms with E-state index in [0.717, 1.165) is 27.2 Å². The van der Waals surface area contributed by atoms with Gasteiger partial charge >= 0.3 is 0 Å². The minimum atomic E-state index is -3.94. The third-order valence-electron chi connectivity index (χ3n) is 6.19. The van der Waals surface area contributed by atoms with Gasteiger partial charge in [-0.25, -0.2) is 8.42 Å². The molecule has 0 aromatic heterocycles. The topological polar surface area (TPSA) is 75.7 Å². The van der Waals surface area contributed by atoms with Crippen molar-refractivity contribution in [3.05, 3.63) is 95.0 Å². The van der Waals surface area contributed by atoms with Gasteiger partial charge in [0, 0.05) is 29.6 Å². The summed E-state index contributed by atoms with van der Waals surface area (Å²) in [5, 5.41) is 3.02. The average Bonchev–Trinajstić information content (AvgIpc) is 2.88. The van der Waals surface area contributed by atoms with E-state index in [9.17, 15) is 13.2 Å². The predicted molar refractivity (Wildman–Crippen MR) is 136 cm³/mol. The van der Waals surface area contributed by atoms with Crippen LogP contribution in [-0.2, 0) is 25.0 Å². The average molecular weight is 543 g/mol. The molecular formula is C26H27BrN2O4S. The molecule has 0 saturated carbocycles. The summed E-state index contributed by atoms with van der Waals surface area (Å²) in [6, 6.07) is 25.2. The van der Waals surface area contributed by atoms with Crippen molar-refractivity contribution in [2.75, 3.05) is 30.6 Å². The summed E-state index contributed by atoms with van der Waals surface area (Å²) in [7, 11) is -3.94. The Balaban J connectivity index is 1.56. The van der Waals surface area contributed by atoms with Crippen molar-refractivity contribution in [3.8, 4) is 0 Å². The van der Waals surface area contributed by atoms with E-state index in [-0.39, 0.29) is 22.8 Å². The monoisotopic (exact) mass is 542 g/mol. The van der Waals surface area contributed by atoms with E-state index in [4.69, 9.17) is 4.74 Å². The number of hydrogen-bond acceptors (Lipinski definition) is 4. The highest BCUT2D eigenvalue weighted by Gasteiger charge is 2.35. The number of sulfonamides is 1. The molecule has 1 fully saturated rings. The van der Waals surface area contributed by atoms with Gasteiger partial charge < -0.3 is 10.1 Å². The number of anilines is 1. The van der Waals surface area contributed by atoms with Crippen LogP contribution in [0.5, 0.6) is 0 Å². The summed E-state index contributed by atoms with van der Waals surface area (Å²) in [6.45, 7) is 1.34. The quantitative estimate of drug-likeness (QED) is 0.454. The Morgan fingerprint density at radius 1 is 0.912 bits per heavy atom. The van der Waals surface area contributed by atoms with Gasteiger partial charge in [-0.15, -0.1) is 0 Å². The predicted octanol–water partition coefficient (Wildman–Crippen LogP) is 4.51. The van der Waals surface area contributed by atoms with Gasteiger partial charge in [0.15, 0.2) is 0 Å². The fraction of sp³-hybridized carbons (Fsp3) is 0.269. The Morgan fingerprint density at radius 3 is 2.12 bits per heavy atom. The molecule has 3 aromatic rings. The number of benzene rings is 3.